The summed E-state index contributed by atoms with van der Waals surface area (Å²) in [5.74, 6) is -0.797. The Labute approximate surface area is 131 Å². The minimum atomic E-state index is -0.312. The van der Waals surface area contributed by atoms with E-state index >= 15 is 0 Å². The van der Waals surface area contributed by atoms with Crippen LogP contribution in [0.3, 0.4) is 0 Å². The minimum Gasteiger partial charge on any atom is -0.281 e. The topological polar surface area (TPSA) is 50.3 Å². The zero-order chi connectivity index (χ0) is 15.1. The molecule has 0 radical (unpaired) electrons. The van der Waals surface area contributed by atoms with Gasteiger partial charge in [0.2, 0.25) is 11.8 Å². The van der Waals surface area contributed by atoms with Gasteiger partial charge in [0, 0.05) is 13.0 Å². The molecule has 1 saturated heterocycles. The molecule has 1 aromatic heterocycles. The Hall–Kier alpha value is -2.27. The van der Waals surface area contributed by atoms with E-state index in [1.54, 1.807) is 11.3 Å². The Bertz CT molecular complexity index is 758. The fourth-order valence-corrected chi connectivity index (χ4v) is 3.96. The van der Waals surface area contributed by atoms with Gasteiger partial charge in [-0.2, -0.15) is 0 Å². The summed E-state index contributed by atoms with van der Waals surface area (Å²) < 4.78 is 1.14. The first-order chi connectivity index (χ1) is 10.7. The smallest absolute Gasteiger partial charge is 0.237 e. The van der Waals surface area contributed by atoms with Gasteiger partial charge in [0.1, 0.15) is 0 Å². The van der Waals surface area contributed by atoms with Crippen LogP contribution in [0.25, 0.3) is 10.2 Å². The first kappa shape index (κ1) is 13.4. The Kier molecular flexibility index (Phi) is 3.15. The fourth-order valence-electron chi connectivity index (χ4n) is 3.00. The van der Waals surface area contributed by atoms with Crippen molar-refractivity contribution in [3.8, 4) is 0 Å². The number of hydrogen-bond donors (Lipinski definition) is 0. The monoisotopic (exact) mass is 310 g/mol. The molecule has 4 nitrogen and oxygen atoms in total. The molecule has 0 bridgehead atoms. The summed E-state index contributed by atoms with van der Waals surface area (Å²) in [6.45, 7) is 0.409. The van der Waals surface area contributed by atoms with Crippen LogP contribution in [0.5, 0.6) is 0 Å². The van der Waals surface area contributed by atoms with E-state index in [0.29, 0.717) is 13.0 Å². The summed E-state index contributed by atoms with van der Waals surface area (Å²) in [7, 11) is 0. The van der Waals surface area contributed by atoms with Gasteiger partial charge in [0.25, 0.3) is 0 Å². The molecule has 0 spiro atoms. The number of amides is 2. The zero-order valence-electron chi connectivity index (χ0n) is 11.8. The van der Waals surface area contributed by atoms with Crippen LogP contribution in [0.15, 0.2) is 48.6 Å². The first-order valence-corrected chi connectivity index (χ1v) is 8.10. The summed E-state index contributed by atoms with van der Waals surface area (Å²) in [4.78, 5) is 30.6. The van der Waals surface area contributed by atoms with Crippen LogP contribution in [0.4, 0.5) is 0 Å². The Balaban J connectivity index is 1.51. The van der Waals surface area contributed by atoms with Gasteiger partial charge in [-0.15, -0.1) is 11.3 Å². The van der Waals surface area contributed by atoms with E-state index in [9.17, 15) is 9.59 Å². The van der Waals surface area contributed by atoms with Crippen LogP contribution in [0.1, 0.15) is 5.01 Å². The second kappa shape index (κ2) is 5.18. The highest BCUT2D eigenvalue weighted by Gasteiger charge is 2.45. The van der Waals surface area contributed by atoms with Crippen molar-refractivity contribution in [3.63, 3.8) is 0 Å². The molecule has 2 atom stereocenters. The van der Waals surface area contributed by atoms with Gasteiger partial charge >= 0.3 is 0 Å². The first-order valence-electron chi connectivity index (χ1n) is 7.29. The molecule has 1 aromatic carbocycles. The highest BCUT2D eigenvalue weighted by Crippen LogP contribution is 2.31. The second-order valence-corrected chi connectivity index (χ2v) is 6.59. The third-order valence-electron chi connectivity index (χ3n) is 4.12. The van der Waals surface area contributed by atoms with Crippen molar-refractivity contribution in [1.29, 1.82) is 0 Å². The van der Waals surface area contributed by atoms with E-state index in [1.165, 1.54) is 4.90 Å². The Morgan fingerprint density at radius 1 is 1.05 bits per heavy atom. The molecule has 22 heavy (non-hydrogen) atoms. The van der Waals surface area contributed by atoms with Crippen molar-refractivity contribution in [2.24, 2.45) is 11.8 Å². The molecule has 2 heterocycles. The van der Waals surface area contributed by atoms with Gasteiger partial charge in [0.15, 0.2) is 0 Å². The van der Waals surface area contributed by atoms with Crippen LogP contribution in [-0.2, 0) is 16.0 Å². The summed E-state index contributed by atoms with van der Waals surface area (Å²) in [6.07, 6.45) is 7.93. The number of para-hydroxylation sites is 1. The van der Waals surface area contributed by atoms with E-state index < -0.39 is 0 Å². The van der Waals surface area contributed by atoms with Crippen LogP contribution in [0.2, 0.25) is 0 Å². The quantitative estimate of drug-likeness (QED) is 0.819. The van der Waals surface area contributed by atoms with Gasteiger partial charge < -0.3 is 0 Å². The standard InChI is InChI=1S/C17H14N2O2S/c20-16-11-5-1-2-6-12(11)17(21)19(16)10-9-15-18-13-7-3-4-8-14(13)22-15/h1-8,11-12H,9-10H2. The lowest BCUT2D eigenvalue weighted by molar-refractivity contribution is -0.139. The van der Waals surface area contributed by atoms with Gasteiger partial charge in [0.05, 0.1) is 27.1 Å². The number of aromatic nitrogens is 1. The predicted molar refractivity (Wildman–Crippen MR) is 85.3 cm³/mol. The lowest BCUT2D eigenvalue weighted by Crippen LogP contribution is -2.32. The summed E-state index contributed by atoms with van der Waals surface area (Å²) in [5.41, 5.74) is 0.973. The van der Waals surface area contributed by atoms with Crippen LogP contribution >= 0.6 is 11.3 Å². The number of imide groups is 1. The number of nitrogens with zero attached hydrogens (tertiary/aromatic N) is 2. The van der Waals surface area contributed by atoms with Gasteiger partial charge in [-0.05, 0) is 12.1 Å². The highest BCUT2D eigenvalue weighted by atomic mass is 32.1. The van der Waals surface area contributed by atoms with Crippen LogP contribution in [0, 0.1) is 11.8 Å². The van der Waals surface area contributed by atoms with Crippen LogP contribution < -0.4 is 0 Å². The normalized spacial score (nSPS) is 23.5. The second-order valence-electron chi connectivity index (χ2n) is 5.47. The summed E-state index contributed by atoms with van der Waals surface area (Å²) in [6, 6.07) is 7.96. The third-order valence-corrected chi connectivity index (χ3v) is 5.22. The molecule has 0 N–H and O–H groups in total. The Morgan fingerprint density at radius 2 is 1.73 bits per heavy atom. The van der Waals surface area contributed by atoms with Crippen molar-refractivity contribution in [2.45, 2.75) is 6.42 Å². The number of carbonyl (C=O) groups excluding carboxylic acids is 2. The predicted octanol–water partition coefficient (Wildman–Crippen LogP) is 2.57. The number of thiazole rings is 1. The molecule has 2 amide bonds. The number of benzene rings is 1. The van der Waals surface area contributed by atoms with Crippen molar-refractivity contribution >= 4 is 33.4 Å². The summed E-state index contributed by atoms with van der Waals surface area (Å²) >= 11 is 1.62. The van der Waals surface area contributed by atoms with Crippen molar-refractivity contribution in [2.75, 3.05) is 6.54 Å². The van der Waals surface area contributed by atoms with E-state index in [0.717, 1.165) is 15.2 Å². The molecule has 2 unspecified atom stereocenters. The molecule has 2 aliphatic rings. The molecular weight excluding hydrogens is 296 g/mol. The van der Waals surface area contributed by atoms with Gasteiger partial charge in [-0.3, -0.25) is 14.5 Å². The largest absolute Gasteiger partial charge is 0.281 e. The van der Waals surface area contributed by atoms with E-state index in [1.807, 2.05) is 48.6 Å². The Morgan fingerprint density at radius 3 is 2.41 bits per heavy atom. The van der Waals surface area contributed by atoms with Crippen molar-refractivity contribution in [1.82, 2.24) is 9.88 Å². The number of likely N-dealkylation sites (tertiary alicyclic amines) is 1. The van der Waals surface area contributed by atoms with E-state index in [2.05, 4.69) is 4.98 Å². The molecule has 1 aliphatic heterocycles. The number of carbonyl (C=O) groups is 2. The molecule has 2 aromatic rings. The molecule has 5 heteroatoms. The SMILES string of the molecule is O=C1C2C=CC=CC2C(=O)N1CCc1nc2ccccc2s1. The molecule has 110 valence electrons. The molecule has 0 saturated carbocycles. The highest BCUT2D eigenvalue weighted by molar-refractivity contribution is 7.18. The average Bonchev–Trinajstić information content (AvgIpc) is 3.06. The third kappa shape index (κ3) is 2.09. The maximum absolute atomic E-state index is 12.3. The van der Waals surface area contributed by atoms with Crippen LogP contribution in [-0.4, -0.2) is 28.2 Å². The maximum atomic E-state index is 12.3. The molecule has 1 fully saturated rings. The number of allylic oxidation sites excluding steroid dienone is 2. The maximum Gasteiger partial charge on any atom is 0.237 e. The lowest BCUT2D eigenvalue weighted by Gasteiger charge is -2.12. The number of hydrogen-bond acceptors (Lipinski definition) is 4. The zero-order valence-corrected chi connectivity index (χ0v) is 12.6. The fraction of sp³-hybridized carbons (Fsp3) is 0.235. The molecular formula is C17H14N2O2S. The molecule has 1 aliphatic carbocycles. The lowest BCUT2D eigenvalue weighted by atomic mass is 9.91. The van der Waals surface area contributed by atoms with Crippen molar-refractivity contribution < 1.29 is 9.59 Å². The molecule has 4 rings (SSSR count). The van der Waals surface area contributed by atoms with Crippen molar-refractivity contribution in [3.05, 3.63) is 53.6 Å². The summed E-state index contributed by atoms with van der Waals surface area (Å²) in [5, 5.41) is 0.961. The number of fused-ring (bicyclic) bond motifs is 2. The number of rotatable bonds is 3. The van der Waals surface area contributed by atoms with E-state index in [4.69, 9.17) is 0 Å². The van der Waals surface area contributed by atoms with Gasteiger partial charge in [-0.25, -0.2) is 4.98 Å². The average molecular weight is 310 g/mol. The van der Waals surface area contributed by atoms with E-state index in [-0.39, 0.29) is 23.7 Å². The van der Waals surface area contributed by atoms with Gasteiger partial charge in [-0.1, -0.05) is 36.4 Å². The minimum absolute atomic E-state index is 0.0864.